The van der Waals surface area contributed by atoms with Crippen LogP contribution in [0.3, 0.4) is 0 Å². The quantitative estimate of drug-likeness (QED) is 0.210. The highest BCUT2D eigenvalue weighted by Crippen LogP contribution is 2.69. The van der Waals surface area contributed by atoms with E-state index in [0.29, 0.717) is 10.0 Å². The molecule has 0 aliphatic carbocycles. The van der Waals surface area contributed by atoms with E-state index in [2.05, 4.69) is 0 Å². The van der Waals surface area contributed by atoms with E-state index in [1.54, 1.807) is 54.6 Å². The Labute approximate surface area is 198 Å². The van der Waals surface area contributed by atoms with Crippen LogP contribution in [-0.2, 0) is 8.98 Å². The maximum Gasteiger partial charge on any atom is 0.391 e. The Morgan fingerprint density at radius 1 is 0.562 bits per heavy atom. The molecule has 0 aliphatic heterocycles. The van der Waals surface area contributed by atoms with Crippen LogP contribution in [-0.4, -0.2) is 11.8 Å². The Morgan fingerprint density at radius 3 is 1.44 bits per heavy atom. The van der Waals surface area contributed by atoms with Crippen molar-refractivity contribution in [2.24, 2.45) is 0 Å². The first-order valence-corrected chi connectivity index (χ1v) is 12.0. The number of halogens is 2. The molecule has 0 spiro atoms. The highest BCUT2D eigenvalue weighted by atomic mass is 35.5. The van der Waals surface area contributed by atoms with Gasteiger partial charge in [0.25, 0.3) is 5.78 Å². The predicted octanol–water partition coefficient (Wildman–Crippen LogP) is 7.62. The summed E-state index contributed by atoms with van der Waals surface area (Å²) in [6, 6.07) is 32.0. The zero-order chi connectivity index (χ0) is 22.6. The third-order valence-corrected chi connectivity index (χ3v) is 8.50. The zero-order valence-corrected chi connectivity index (χ0v) is 19.1. The molecule has 0 N–H and O–H groups in total. The highest BCUT2D eigenvalue weighted by molar-refractivity contribution is 8.30. The number of hydrogen-bond acceptors (Lipinski definition) is 3. The Hall–Kier alpha value is -3.05. The molecule has 0 saturated carbocycles. The first kappa shape index (κ1) is 22.2. The fraction of sp³-hybridized carbons (Fsp3) is 0. The molecule has 6 heteroatoms. The van der Waals surface area contributed by atoms with Crippen LogP contribution in [0.25, 0.3) is 0 Å². The number of Topliss-reactive ketones (excluding diaryl/α,β-unsaturated/α-hetero) is 1. The van der Waals surface area contributed by atoms with Gasteiger partial charge in [0.05, 0.1) is 0 Å². The Bertz CT molecular complexity index is 1180. The van der Waals surface area contributed by atoms with Crippen molar-refractivity contribution in [3.05, 3.63) is 125 Å². The van der Waals surface area contributed by atoms with E-state index in [0.717, 1.165) is 14.7 Å². The van der Waals surface area contributed by atoms with Gasteiger partial charge in [-0.05, 0) is 71.0 Å². The van der Waals surface area contributed by atoms with Crippen molar-refractivity contribution >= 4 is 45.3 Å². The van der Waals surface area contributed by atoms with E-state index in [1.807, 2.05) is 54.6 Å². The monoisotopic (exact) mass is 480 g/mol. The molecule has 0 unspecified atom stereocenters. The molecule has 4 aromatic carbocycles. The normalized spacial score (nSPS) is 11.6. The highest BCUT2D eigenvalue weighted by Gasteiger charge is 2.37. The molecule has 3 nitrogen and oxygen atoms in total. The van der Waals surface area contributed by atoms with Gasteiger partial charge in [0.15, 0.2) is 0 Å². The summed E-state index contributed by atoms with van der Waals surface area (Å²) in [5, 5.41) is 1.11. The first-order chi connectivity index (χ1) is 15.5. The number of rotatable bonds is 6. The summed E-state index contributed by atoms with van der Waals surface area (Å²) in [5.41, 5.74) is 0.270. The Morgan fingerprint density at radius 2 is 0.969 bits per heavy atom. The van der Waals surface area contributed by atoms with Crippen molar-refractivity contribution in [3.63, 3.8) is 0 Å². The summed E-state index contributed by atoms with van der Waals surface area (Å²) in [7, 11) is -2.61. The zero-order valence-electron chi connectivity index (χ0n) is 16.8. The van der Waals surface area contributed by atoms with E-state index in [4.69, 9.17) is 27.4 Å². The summed E-state index contributed by atoms with van der Waals surface area (Å²) in [5.74, 6) is -1.64. The van der Waals surface area contributed by atoms with E-state index in [9.17, 15) is 9.59 Å². The molecule has 4 rings (SSSR count). The second-order valence-corrected chi connectivity index (χ2v) is 10.4. The number of hydrogen-bond donors (Lipinski definition) is 0. The minimum Gasteiger partial charge on any atom is -0.396 e. The molecule has 0 fully saturated rings. The van der Waals surface area contributed by atoms with Crippen LogP contribution in [0.2, 0.25) is 10.0 Å². The second kappa shape index (κ2) is 9.61. The molecule has 32 heavy (non-hydrogen) atoms. The summed E-state index contributed by atoms with van der Waals surface area (Å²) in [6.45, 7) is 0. The van der Waals surface area contributed by atoms with Gasteiger partial charge in [-0.3, -0.25) is 4.79 Å². The molecule has 0 aromatic heterocycles. The minimum atomic E-state index is -2.61. The fourth-order valence-electron chi connectivity index (χ4n) is 3.28. The average Bonchev–Trinajstić information content (AvgIpc) is 2.84. The molecular formula is C26H18Cl2O3S. The van der Waals surface area contributed by atoms with Crippen molar-refractivity contribution in [1.29, 1.82) is 0 Å². The standard InChI is InChI=1S/C26H18Cl2O3S/c27-20-11-15-23(16-12-20)32(22-9-5-2-6-10-22,24-17-13-21(28)14-18-24)31-26(30)25(29)19-7-3-1-4-8-19/h1-18H. The molecular weight excluding hydrogens is 463 g/mol. The van der Waals surface area contributed by atoms with Crippen LogP contribution in [0.15, 0.2) is 124 Å². The maximum atomic E-state index is 13.2. The molecule has 4 aromatic rings. The largest absolute Gasteiger partial charge is 0.396 e. The summed E-state index contributed by atoms with van der Waals surface area (Å²) in [6.07, 6.45) is 0. The van der Waals surface area contributed by atoms with Crippen LogP contribution < -0.4 is 0 Å². The van der Waals surface area contributed by atoms with Crippen molar-refractivity contribution in [3.8, 4) is 0 Å². The topological polar surface area (TPSA) is 43.4 Å². The number of benzene rings is 4. The van der Waals surface area contributed by atoms with Crippen molar-refractivity contribution in [2.45, 2.75) is 14.7 Å². The van der Waals surface area contributed by atoms with E-state index in [-0.39, 0.29) is 5.56 Å². The lowest BCUT2D eigenvalue weighted by Gasteiger charge is -2.39. The SMILES string of the molecule is O=C(OS(c1ccccc1)(c1ccc(Cl)cc1)c1ccc(Cl)cc1)C(=O)c1ccccc1. The van der Waals surface area contributed by atoms with Gasteiger partial charge in [0.2, 0.25) is 0 Å². The molecule has 0 bridgehead atoms. The van der Waals surface area contributed by atoms with E-state index >= 15 is 0 Å². The molecule has 0 aliphatic rings. The van der Waals surface area contributed by atoms with Crippen LogP contribution >= 0.6 is 33.5 Å². The molecule has 0 saturated heterocycles. The van der Waals surface area contributed by atoms with E-state index < -0.39 is 22.1 Å². The Balaban J connectivity index is 1.91. The van der Waals surface area contributed by atoms with Crippen LogP contribution in [0, 0.1) is 0 Å². The minimum absolute atomic E-state index is 0.270. The molecule has 160 valence electrons. The van der Waals surface area contributed by atoms with Gasteiger partial charge in [0.1, 0.15) is 0 Å². The average molecular weight is 481 g/mol. The molecule has 0 amide bonds. The summed E-state index contributed by atoms with van der Waals surface area (Å²) >= 11 is 12.3. The van der Waals surface area contributed by atoms with Crippen LogP contribution in [0.4, 0.5) is 0 Å². The summed E-state index contributed by atoms with van der Waals surface area (Å²) < 4.78 is 6.20. The molecule has 0 radical (unpaired) electrons. The van der Waals surface area contributed by atoms with Gasteiger partial charge in [-0.25, -0.2) is 4.79 Å². The predicted molar refractivity (Wildman–Crippen MR) is 129 cm³/mol. The maximum absolute atomic E-state index is 13.2. The van der Waals surface area contributed by atoms with Gasteiger partial charge in [-0.1, -0.05) is 71.7 Å². The molecule has 0 atom stereocenters. The fourth-order valence-corrected chi connectivity index (χ4v) is 6.51. The van der Waals surface area contributed by atoms with Gasteiger partial charge in [-0.2, -0.15) is 0 Å². The second-order valence-electron chi connectivity index (χ2n) is 6.84. The summed E-state index contributed by atoms with van der Waals surface area (Å²) in [4.78, 5) is 28.3. The number of carbonyl (C=O) groups is 2. The van der Waals surface area contributed by atoms with Gasteiger partial charge >= 0.3 is 5.97 Å². The van der Waals surface area contributed by atoms with Crippen molar-refractivity contribution in [1.82, 2.24) is 0 Å². The lowest BCUT2D eigenvalue weighted by Crippen LogP contribution is -2.21. The smallest absolute Gasteiger partial charge is 0.391 e. The number of carbonyl (C=O) groups excluding carboxylic acids is 2. The van der Waals surface area contributed by atoms with Gasteiger partial charge in [0, 0.05) is 30.3 Å². The van der Waals surface area contributed by atoms with Crippen molar-refractivity contribution in [2.75, 3.05) is 0 Å². The lowest BCUT2D eigenvalue weighted by molar-refractivity contribution is -0.128. The van der Waals surface area contributed by atoms with Gasteiger partial charge in [-0.15, -0.1) is 0 Å². The van der Waals surface area contributed by atoms with Gasteiger partial charge < -0.3 is 4.18 Å². The number of ketones is 1. The third kappa shape index (κ3) is 4.44. The third-order valence-electron chi connectivity index (χ3n) is 4.79. The Kier molecular flexibility index (Phi) is 6.66. The van der Waals surface area contributed by atoms with E-state index in [1.165, 1.54) is 0 Å². The van der Waals surface area contributed by atoms with Crippen molar-refractivity contribution < 1.29 is 13.8 Å². The molecule has 0 heterocycles. The van der Waals surface area contributed by atoms with Crippen LogP contribution in [0.1, 0.15) is 10.4 Å². The first-order valence-electron chi connectivity index (χ1n) is 9.73. The lowest BCUT2D eigenvalue weighted by atomic mass is 10.1. The van der Waals surface area contributed by atoms with Crippen LogP contribution in [0.5, 0.6) is 0 Å².